The summed E-state index contributed by atoms with van der Waals surface area (Å²) in [5.74, 6) is 0.116. The molecule has 0 heterocycles. The summed E-state index contributed by atoms with van der Waals surface area (Å²) in [6.07, 6.45) is 0.624. The zero-order valence-corrected chi connectivity index (χ0v) is 10.5. The summed E-state index contributed by atoms with van der Waals surface area (Å²) in [5.41, 5.74) is 0.294. The van der Waals surface area contributed by atoms with Crippen LogP contribution in [-0.4, -0.2) is 6.29 Å². The molecule has 2 rings (SSSR count). The monoisotopic (exact) mass is 284 g/mol. The van der Waals surface area contributed by atoms with E-state index in [9.17, 15) is 9.18 Å². The molecule has 0 aromatic heterocycles. The van der Waals surface area contributed by atoms with Crippen LogP contribution in [0.2, 0.25) is 10.0 Å². The van der Waals surface area contributed by atoms with Gasteiger partial charge in [0.05, 0.1) is 10.6 Å². The Labute approximate surface area is 113 Å². The molecular formula is C13H7Cl2FO2. The van der Waals surface area contributed by atoms with E-state index in [1.165, 1.54) is 18.2 Å². The summed E-state index contributed by atoms with van der Waals surface area (Å²) in [6.45, 7) is 0. The molecule has 2 aromatic rings. The maximum absolute atomic E-state index is 12.9. The normalized spacial score (nSPS) is 10.2. The van der Waals surface area contributed by atoms with E-state index in [4.69, 9.17) is 27.9 Å². The van der Waals surface area contributed by atoms with Gasteiger partial charge in [0, 0.05) is 5.02 Å². The SMILES string of the molecule is O=Cc1cc(Cl)ccc1Oc1ccc(F)cc1Cl. The van der Waals surface area contributed by atoms with E-state index in [1.54, 1.807) is 12.1 Å². The third kappa shape index (κ3) is 2.81. The quantitative estimate of drug-likeness (QED) is 0.761. The second-order valence-corrected chi connectivity index (χ2v) is 4.32. The van der Waals surface area contributed by atoms with Crippen molar-refractivity contribution in [2.75, 3.05) is 0 Å². The zero-order chi connectivity index (χ0) is 13.1. The molecule has 0 aliphatic carbocycles. The molecule has 0 aliphatic rings. The predicted molar refractivity (Wildman–Crippen MR) is 68.3 cm³/mol. The van der Waals surface area contributed by atoms with E-state index in [2.05, 4.69) is 0 Å². The van der Waals surface area contributed by atoms with Gasteiger partial charge in [-0.05, 0) is 36.4 Å². The molecule has 0 amide bonds. The average molecular weight is 285 g/mol. The Bertz CT molecular complexity index is 600. The second-order valence-electron chi connectivity index (χ2n) is 3.48. The summed E-state index contributed by atoms with van der Waals surface area (Å²) in [7, 11) is 0. The molecule has 0 bridgehead atoms. The Hall–Kier alpha value is -1.58. The number of halogens is 3. The van der Waals surface area contributed by atoms with Crippen molar-refractivity contribution in [2.45, 2.75) is 0 Å². The molecule has 0 aliphatic heterocycles. The Balaban J connectivity index is 2.36. The second kappa shape index (κ2) is 5.38. The number of hydrogen-bond acceptors (Lipinski definition) is 2. The fraction of sp³-hybridized carbons (Fsp3) is 0. The van der Waals surface area contributed by atoms with Crippen LogP contribution >= 0.6 is 23.2 Å². The zero-order valence-electron chi connectivity index (χ0n) is 8.99. The van der Waals surface area contributed by atoms with E-state index in [1.807, 2.05) is 0 Å². The van der Waals surface area contributed by atoms with E-state index < -0.39 is 5.82 Å². The molecule has 2 nitrogen and oxygen atoms in total. The van der Waals surface area contributed by atoms with Crippen molar-refractivity contribution >= 4 is 29.5 Å². The summed E-state index contributed by atoms with van der Waals surface area (Å²) in [4.78, 5) is 10.9. The lowest BCUT2D eigenvalue weighted by Crippen LogP contribution is -1.91. The number of hydrogen-bond donors (Lipinski definition) is 0. The number of carbonyl (C=O) groups excluding carboxylic acids is 1. The first-order valence-corrected chi connectivity index (χ1v) is 5.73. The average Bonchev–Trinajstić information content (AvgIpc) is 2.34. The highest BCUT2D eigenvalue weighted by atomic mass is 35.5. The van der Waals surface area contributed by atoms with Crippen LogP contribution in [0.3, 0.4) is 0 Å². The minimum Gasteiger partial charge on any atom is -0.455 e. The maximum atomic E-state index is 12.9. The van der Waals surface area contributed by atoms with Gasteiger partial charge >= 0.3 is 0 Å². The van der Waals surface area contributed by atoms with Gasteiger partial charge in [0.25, 0.3) is 0 Å². The molecule has 0 atom stereocenters. The Morgan fingerprint density at radius 1 is 1.06 bits per heavy atom. The summed E-state index contributed by atoms with van der Waals surface area (Å²) >= 11 is 11.6. The first-order valence-electron chi connectivity index (χ1n) is 4.98. The Morgan fingerprint density at radius 2 is 1.78 bits per heavy atom. The van der Waals surface area contributed by atoms with E-state index in [0.717, 1.165) is 6.07 Å². The van der Waals surface area contributed by atoms with Gasteiger partial charge in [0.1, 0.15) is 17.3 Å². The van der Waals surface area contributed by atoms with Crippen molar-refractivity contribution in [3.8, 4) is 11.5 Å². The van der Waals surface area contributed by atoms with Gasteiger partial charge in [0.2, 0.25) is 0 Å². The molecule has 0 saturated carbocycles. The summed E-state index contributed by atoms with van der Waals surface area (Å²) in [6, 6.07) is 8.35. The largest absolute Gasteiger partial charge is 0.455 e. The van der Waals surface area contributed by atoms with Crippen LogP contribution in [0.15, 0.2) is 36.4 Å². The molecule has 0 radical (unpaired) electrons. The van der Waals surface area contributed by atoms with Crippen molar-refractivity contribution in [2.24, 2.45) is 0 Å². The lowest BCUT2D eigenvalue weighted by molar-refractivity contribution is 0.112. The van der Waals surface area contributed by atoms with Crippen LogP contribution < -0.4 is 4.74 Å². The highest BCUT2D eigenvalue weighted by Crippen LogP contribution is 2.32. The number of benzene rings is 2. The first kappa shape index (κ1) is 12.9. The van der Waals surface area contributed by atoms with Gasteiger partial charge in [-0.1, -0.05) is 23.2 Å². The highest BCUT2D eigenvalue weighted by Gasteiger charge is 2.08. The van der Waals surface area contributed by atoms with Crippen molar-refractivity contribution in [1.82, 2.24) is 0 Å². The minimum absolute atomic E-state index is 0.127. The number of aldehydes is 1. The van der Waals surface area contributed by atoms with Gasteiger partial charge in [-0.15, -0.1) is 0 Å². The highest BCUT2D eigenvalue weighted by molar-refractivity contribution is 6.32. The van der Waals surface area contributed by atoms with Crippen molar-refractivity contribution in [1.29, 1.82) is 0 Å². The molecule has 18 heavy (non-hydrogen) atoms. The van der Waals surface area contributed by atoms with Crippen molar-refractivity contribution in [3.63, 3.8) is 0 Å². The smallest absolute Gasteiger partial charge is 0.153 e. The van der Waals surface area contributed by atoms with Crippen molar-refractivity contribution in [3.05, 3.63) is 57.8 Å². The minimum atomic E-state index is -0.459. The third-order valence-electron chi connectivity index (χ3n) is 2.21. The van der Waals surface area contributed by atoms with Gasteiger partial charge in [0.15, 0.2) is 6.29 Å². The summed E-state index contributed by atoms with van der Waals surface area (Å²) < 4.78 is 18.3. The molecule has 5 heteroatoms. The maximum Gasteiger partial charge on any atom is 0.153 e. The molecule has 0 N–H and O–H groups in total. The topological polar surface area (TPSA) is 26.3 Å². The lowest BCUT2D eigenvalue weighted by Gasteiger charge is -2.09. The van der Waals surface area contributed by atoms with E-state index >= 15 is 0 Å². The van der Waals surface area contributed by atoms with Gasteiger partial charge in [-0.25, -0.2) is 4.39 Å². The van der Waals surface area contributed by atoms with Crippen molar-refractivity contribution < 1.29 is 13.9 Å². The lowest BCUT2D eigenvalue weighted by atomic mass is 10.2. The van der Waals surface area contributed by atoms with Crippen LogP contribution in [0.25, 0.3) is 0 Å². The number of carbonyl (C=O) groups is 1. The molecule has 2 aromatic carbocycles. The number of rotatable bonds is 3. The standard InChI is InChI=1S/C13H7Cl2FO2/c14-9-1-3-12(8(5-9)7-17)18-13-4-2-10(16)6-11(13)15/h1-7H. The van der Waals surface area contributed by atoms with Gasteiger partial charge in [-0.3, -0.25) is 4.79 Å². The van der Waals surface area contributed by atoms with Gasteiger partial charge < -0.3 is 4.74 Å². The van der Waals surface area contributed by atoms with Crippen LogP contribution in [0.5, 0.6) is 11.5 Å². The fourth-order valence-corrected chi connectivity index (χ4v) is 1.77. The van der Waals surface area contributed by atoms with E-state index in [0.29, 0.717) is 22.6 Å². The van der Waals surface area contributed by atoms with Crippen LogP contribution in [-0.2, 0) is 0 Å². The molecular weight excluding hydrogens is 278 g/mol. The molecule has 0 spiro atoms. The Kier molecular flexibility index (Phi) is 3.84. The number of ether oxygens (including phenoxy) is 1. The predicted octanol–water partition coefficient (Wildman–Crippen LogP) is 4.74. The first-order chi connectivity index (χ1) is 8.60. The third-order valence-corrected chi connectivity index (χ3v) is 2.74. The Morgan fingerprint density at radius 3 is 2.44 bits per heavy atom. The van der Waals surface area contributed by atoms with Crippen LogP contribution in [0.4, 0.5) is 4.39 Å². The fourth-order valence-electron chi connectivity index (χ4n) is 1.38. The molecule has 0 fully saturated rings. The van der Waals surface area contributed by atoms with E-state index in [-0.39, 0.29) is 10.8 Å². The molecule has 0 unspecified atom stereocenters. The van der Waals surface area contributed by atoms with Crippen LogP contribution in [0.1, 0.15) is 10.4 Å². The molecule has 0 saturated heterocycles. The van der Waals surface area contributed by atoms with Crippen LogP contribution in [0, 0.1) is 5.82 Å². The summed E-state index contributed by atoms with van der Waals surface area (Å²) in [5, 5.41) is 0.552. The van der Waals surface area contributed by atoms with Gasteiger partial charge in [-0.2, -0.15) is 0 Å². The molecule has 92 valence electrons.